The highest BCUT2D eigenvalue weighted by Gasteiger charge is 2.72. The van der Waals surface area contributed by atoms with Crippen molar-refractivity contribution in [1.82, 2.24) is 9.80 Å². The number of hydrogen-bond acceptors (Lipinski definition) is 5. The number of benzene rings is 1. The Morgan fingerprint density at radius 3 is 2.53 bits per heavy atom. The molecule has 180 valence electrons. The topological polar surface area (TPSA) is 90.4 Å². The zero-order valence-corrected chi connectivity index (χ0v) is 19.9. The quantitative estimate of drug-likeness (QED) is 0.654. The van der Waals surface area contributed by atoms with Gasteiger partial charge in [0.05, 0.1) is 30.6 Å². The third-order valence-corrected chi connectivity index (χ3v) is 7.76. The van der Waals surface area contributed by atoms with Crippen LogP contribution < -0.4 is 4.90 Å². The molecule has 0 radical (unpaired) electrons. The van der Waals surface area contributed by atoms with Crippen molar-refractivity contribution in [3.63, 3.8) is 0 Å². The molecule has 1 unspecified atom stereocenters. The van der Waals surface area contributed by atoms with Crippen molar-refractivity contribution in [1.29, 1.82) is 0 Å². The standard InChI is InChI=1S/C25H28ClN3O5/c1-3-16(14-30)29-21-24(33)28(17-9-7-15(26)8-10-17)13-5-11-25(21)20(23(29)32)19-18(34-25)6-4-12-27(2)22(19)31/h4-11,16,18-21,30H,3,12-14H2,1-2H3/t16-,18+,19-,20-,21?,25-/m0/s1. The highest BCUT2D eigenvalue weighted by atomic mass is 35.5. The fourth-order valence-corrected chi connectivity index (χ4v) is 5.99. The van der Waals surface area contributed by atoms with Crippen LogP contribution in [0.1, 0.15) is 13.3 Å². The molecular weight excluding hydrogens is 458 g/mol. The molecule has 2 fully saturated rings. The van der Waals surface area contributed by atoms with Crippen molar-refractivity contribution in [2.24, 2.45) is 11.8 Å². The van der Waals surface area contributed by atoms with Gasteiger partial charge < -0.3 is 24.5 Å². The molecule has 4 heterocycles. The number of anilines is 1. The second-order valence-electron chi connectivity index (χ2n) is 9.31. The Morgan fingerprint density at radius 2 is 1.85 bits per heavy atom. The number of rotatable bonds is 4. The van der Waals surface area contributed by atoms with Gasteiger partial charge in [-0.15, -0.1) is 0 Å². The van der Waals surface area contributed by atoms with Gasteiger partial charge in [0.2, 0.25) is 11.8 Å². The Morgan fingerprint density at radius 1 is 1.12 bits per heavy atom. The third kappa shape index (κ3) is 3.23. The fraction of sp³-hybridized carbons (Fsp3) is 0.480. The van der Waals surface area contributed by atoms with Crippen molar-refractivity contribution in [2.75, 3.05) is 31.6 Å². The second kappa shape index (κ2) is 8.52. The number of fused-ring (bicyclic) bond motifs is 2. The average Bonchev–Trinajstić information content (AvgIpc) is 3.15. The number of aliphatic hydroxyl groups is 1. The Kier molecular flexibility index (Phi) is 5.78. The molecule has 0 bridgehead atoms. The summed E-state index contributed by atoms with van der Waals surface area (Å²) in [6.07, 6.45) is 7.18. The van der Waals surface area contributed by atoms with E-state index in [1.54, 1.807) is 47.2 Å². The molecule has 1 aromatic rings. The van der Waals surface area contributed by atoms with Gasteiger partial charge in [-0.3, -0.25) is 14.4 Å². The molecule has 3 amide bonds. The first-order valence-corrected chi connectivity index (χ1v) is 12.0. The number of ether oxygens (including phenoxy) is 1. The Hall–Kier alpha value is -2.68. The first-order chi connectivity index (χ1) is 16.3. The Balaban J connectivity index is 1.65. The molecule has 0 saturated carbocycles. The number of amides is 3. The molecular formula is C25H28ClN3O5. The number of nitrogens with zero attached hydrogens (tertiary/aromatic N) is 3. The van der Waals surface area contributed by atoms with Crippen LogP contribution in [0.4, 0.5) is 5.69 Å². The molecule has 2 saturated heterocycles. The predicted molar refractivity (Wildman–Crippen MR) is 126 cm³/mol. The van der Waals surface area contributed by atoms with Gasteiger partial charge in [0, 0.05) is 30.8 Å². The van der Waals surface area contributed by atoms with E-state index in [0.717, 1.165) is 0 Å². The van der Waals surface area contributed by atoms with Gasteiger partial charge in [-0.2, -0.15) is 0 Å². The molecule has 9 heteroatoms. The van der Waals surface area contributed by atoms with Gasteiger partial charge in [0.1, 0.15) is 11.6 Å². The number of likely N-dealkylation sites (N-methyl/N-ethyl adjacent to an activating group) is 1. The van der Waals surface area contributed by atoms with E-state index in [2.05, 4.69) is 0 Å². The van der Waals surface area contributed by atoms with Gasteiger partial charge in [0.15, 0.2) is 0 Å². The van der Waals surface area contributed by atoms with Crippen LogP contribution in [0.15, 0.2) is 48.6 Å². The predicted octanol–water partition coefficient (Wildman–Crippen LogP) is 1.62. The summed E-state index contributed by atoms with van der Waals surface area (Å²) in [6, 6.07) is 5.36. The number of likely N-dealkylation sites (tertiary alicyclic amines) is 1. The lowest BCUT2D eigenvalue weighted by atomic mass is 9.77. The van der Waals surface area contributed by atoms with Crippen molar-refractivity contribution in [3.8, 4) is 0 Å². The van der Waals surface area contributed by atoms with Crippen LogP contribution in [0.2, 0.25) is 5.02 Å². The summed E-state index contributed by atoms with van der Waals surface area (Å²) < 4.78 is 6.54. The third-order valence-electron chi connectivity index (χ3n) is 7.51. The molecule has 0 aliphatic carbocycles. The van der Waals surface area contributed by atoms with Crippen LogP contribution in [0.3, 0.4) is 0 Å². The van der Waals surface area contributed by atoms with E-state index in [9.17, 15) is 19.5 Å². The summed E-state index contributed by atoms with van der Waals surface area (Å²) in [6.45, 7) is 2.29. The van der Waals surface area contributed by atoms with E-state index in [4.69, 9.17) is 16.3 Å². The van der Waals surface area contributed by atoms with E-state index >= 15 is 0 Å². The molecule has 1 N–H and O–H groups in total. The number of halogens is 1. The van der Waals surface area contributed by atoms with Crippen LogP contribution in [-0.4, -0.2) is 83.2 Å². The first kappa shape index (κ1) is 23.1. The van der Waals surface area contributed by atoms with Gasteiger partial charge in [-0.05, 0) is 30.7 Å². The fourth-order valence-electron chi connectivity index (χ4n) is 5.86. The molecule has 0 aromatic heterocycles. The van der Waals surface area contributed by atoms with Gasteiger partial charge >= 0.3 is 0 Å². The van der Waals surface area contributed by atoms with Crippen molar-refractivity contribution in [3.05, 3.63) is 53.6 Å². The lowest BCUT2D eigenvalue weighted by Crippen LogP contribution is -2.58. The van der Waals surface area contributed by atoms with Crippen LogP contribution >= 0.6 is 11.6 Å². The van der Waals surface area contributed by atoms with Crippen molar-refractivity contribution >= 4 is 35.0 Å². The summed E-state index contributed by atoms with van der Waals surface area (Å²) in [7, 11) is 1.70. The van der Waals surface area contributed by atoms with Crippen LogP contribution in [0, 0.1) is 11.8 Å². The second-order valence-corrected chi connectivity index (χ2v) is 9.74. The lowest BCUT2D eigenvalue weighted by Gasteiger charge is -2.38. The van der Waals surface area contributed by atoms with Gasteiger partial charge in [0.25, 0.3) is 5.91 Å². The summed E-state index contributed by atoms with van der Waals surface area (Å²) in [4.78, 5) is 46.1. The molecule has 6 atom stereocenters. The summed E-state index contributed by atoms with van der Waals surface area (Å²) in [5.41, 5.74) is -0.655. The van der Waals surface area contributed by atoms with Crippen LogP contribution in [0.25, 0.3) is 0 Å². The number of aliphatic hydroxyl groups excluding tert-OH is 1. The minimum Gasteiger partial charge on any atom is -0.394 e. The molecule has 5 rings (SSSR count). The van der Waals surface area contributed by atoms with E-state index in [1.807, 2.05) is 25.2 Å². The van der Waals surface area contributed by atoms with Crippen LogP contribution in [-0.2, 0) is 19.1 Å². The maximum atomic E-state index is 14.1. The van der Waals surface area contributed by atoms with Gasteiger partial charge in [-0.25, -0.2) is 0 Å². The van der Waals surface area contributed by atoms with E-state index in [1.165, 1.54) is 4.90 Å². The van der Waals surface area contributed by atoms with Crippen LogP contribution in [0.5, 0.6) is 0 Å². The largest absolute Gasteiger partial charge is 0.394 e. The number of hydrogen-bond donors (Lipinski definition) is 1. The molecule has 34 heavy (non-hydrogen) atoms. The molecule has 8 nitrogen and oxygen atoms in total. The molecule has 1 aromatic carbocycles. The highest BCUT2D eigenvalue weighted by Crippen LogP contribution is 2.54. The maximum Gasteiger partial charge on any atom is 0.253 e. The maximum absolute atomic E-state index is 14.1. The molecule has 4 aliphatic rings. The number of carbonyl (C=O) groups excluding carboxylic acids is 3. The Bertz CT molecular complexity index is 1070. The SMILES string of the molecule is CC[C@@H](CO)N1C(=O)[C@@H]2[C@H]3C(=O)N(C)CC=C[C@H]3O[C@@]23C=CCN(c2ccc(Cl)cc2)C(=O)C13. The smallest absolute Gasteiger partial charge is 0.253 e. The monoisotopic (exact) mass is 485 g/mol. The van der Waals surface area contributed by atoms with E-state index in [0.29, 0.717) is 23.7 Å². The summed E-state index contributed by atoms with van der Waals surface area (Å²) in [5.74, 6) is -2.41. The molecule has 4 aliphatic heterocycles. The average molecular weight is 486 g/mol. The zero-order valence-electron chi connectivity index (χ0n) is 19.1. The zero-order chi connectivity index (χ0) is 24.2. The summed E-state index contributed by atoms with van der Waals surface area (Å²) >= 11 is 6.05. The summed E-state index contributed by atoms with van der Waals surface area (Å²) in [5, 5.41) is 10.7. The van der Waals surface area contributed by atoms with Gasteiger partial charge in [-0.1, -0.05) is 42.8 Å². The minimum absolute atomic E-state index is 0.178. The first-order valence-electron chi connectivity index (χ1n) is 11.6. The van der Waals surface area contributed by atoms with E-state index < -0.39 is 35.6 Å². The van der Waals surface area contributed by atoms with Crippen molar-refractivity contribution in [2.45, 2.75) is 37.1 Å². The minimum atomic E-state index is -1.30. The van der Waals surface area contributed by atoms with E-state index in [-0.39, 0.29) is 30.9 Å². The Labute approximate surface area is 203 Å². The molecule has 1 spiro atoms. The highest BCUT2D eigenvalue weighted by molar-refractivity contribution is 6.30. The lowest BCUT2D eigenvalue weighted by molar-refractivity contribution is -0.146. The normalized spacial score (nSPS) is 33.5. The van der Waals surface area contributed by atoms with Crippen molar-refractivity contribution < 1.29 is 24.2 Å². The number of carbonyl (C=O) groups is 3.